The van der Waals surface area contributed by atoms with Crippen LogP contribution < -0.4 is 5.32 Å². The monoisotopic (exact) mass is 375 g/mol. The molecule has 1 aliphatic heterocycles. The SMILES string of the molecule is O=C[N+]1(CC(=O)O)CCNCCN(CC(=O)O)CCN(CC(=O)O)CC1. The standard InChI is InChI=1S/C15H26N4O7/c20-12-19(11-15(25)26)7-2-16-1-3-17(9-13(21)22)4-5-18(6-8-19)10-14(23)24/h12,16H,1-11H2,(H2-,21,22,23,24,25,26)/p+1. The van der Waals surface area contributed by atoms with Crippen LogP contribution in [0.2, 0.25) is 0 Å². The summed E-state index contributed by atoms with van der Waals surface area (Å²) < 4.78 is -0.294. The Morgan fingerprint density at radius 3 is 1.92 bits per heavy atom. The minimum atomic E-state index is -1.10. The van der Waals surface area contributed by atoms with E-state index in [1.807, 2.05) is 0 Å². The Bertz CT molecular complexity index is 516. The van der Waals surface area contributed by atoms with Crippen LogP contribution in [0.4, 0.5) is 0 Å². The Morgan fingerprint density at radius 2 is 1.42 bits per heavy atom. The third kappa shape index (κ3) is 8.34. The van der Waals surface area contributed by atoms with Gasteiger partial charge in [0.2, 0.25) is 0 Å². The first-order valence-electron chi connectivity index (χ1n) is 8.39. The molecule has 0 saturated carbocycles. The van der Waals surface area contributed by atoms with Crippen LogP contribution in [0.5, 0.6) is 0 Å². The van der Waals surface area contributed by atoms with Gasteiger partial charge in [-0.1, -0.05) is 0 Å². The molecule has 0 aromatic heterocycles. The van der Waals surface area contributed by atoms with E-state index in [0.29, 0.717) is 39.1 Å². The fraction of sp³-hybridized carbons (Fsp3) is 0.733. The van der Waals surface area contributed by atoms with E-state index in [-0.39, 0.29) is 43.8 Å². The van der Waals surface area contributed by atoms with Gasteiger partial charge in [0.05, 0.1) is 26.2 Å². The maximum Gasteiger partial charge on any atom is 0.359 e. The summed E-state index contributed by atoms with van der Waals surface area (Å²) in [6, 6.07) is 0. The second kappa shape index (κ2) is 10.8. The van der Waals surface area contributed by atoms with Crippen molar-refractivity contribution < 1.29 is 39.0 Å². The van der Waals surface area contributed by atoms with Gasteiger partial charge in [0.15, 0.2) is 6.54 Å². The highest BCUT2D eigenvalue weighted by Gasteiger charge is 2.31. The molecule has 26 heavy (non-hydrogen) atoms. The molecular weight excluding hydrogens is 348 g/mol. The maximum atomic E-state index is 11.6. The highest BCUT2D eigenvalue weighted by Crippen LogP contribution is 2.05. The third-order valence-corrected chi connectivity index (χ3v) is 4.32. The van der Waals surface area contributed by atoms with E-state index in [2.05, 4.69) is 5.32 Å². The van der Waals surface area contributed by atoms with Crippen molar-refractivity contribution in [3.05, 3.63) is 0 Å². The van der Waals surface area contributed by atoms with E-state index in [9.17, 15) is 19.2 Å². The normalized spacial score (nSPS) is 24.2. The van der Waals surface area contributed by atoms with E-state index in [4.69, 9.17) is 15.3 Å². The van der Waals surface area contributed by atoms with Gasteiger partial charge in [-0.15, -0.1) is 0 Å². The molecule has 1 fully saturated rings. The number of carboxylic acids is 3. The molecule has 4 N–H and O–H groups in total. The van der Waals surface area contributed by atoms with Crippen molar-refractivity contribution in [1.29, 1.82) is 0 Å². The van der Waals surface area contributed by atoms with Crippen LogP contribution in [0.1, 0.15) is 0 Å². The number of hydrogen-bond donors (Lipinski definition) is 4. The van der Waals surface area contributed by atoms with Gasteiger partial charge in [0.1, 0.15) is 0 Å². The van der Waals surface area contributed by atoms with Crippen molar-refractivity contribution in [2.45, 2.75) is 0 Å². The largest absolute Gasteiger partial charge is 0.480 e. The van der Waals surface area contributed by atoms with Crippen molar-refractivity contribution in [2.75, 3.05) is 72.0 Å². The summed E-state index contributed by atoms with van der Waals surface area (Å²) in [5.74, 6) is -3.09. The fourth-order valence-corrected chi connectivity index (χ4v) is 2.89. The summed E-state index contributed by atoms with van der Waals surface area (Å²) in [6.07, 6.45) is 0.608. The molecule has 0 aromatic carbocycles. The highest BCUT2D eigenvalue weighted by atomic mass is 16.4. The molecule has 0 aromatic rings. The number of carboxylic acid groups (broad SMARTS) is 3. The second-order valence-corrected chi connectivity index (χ2v) is 6.41. The zero-order valence-electron chi connectivity index (χ0n) is 14.7. The van der Waals surface area contributed by atoms with Crippen LogP contribution in [-0.2, 0) is 19.2 Å². The summed E-state index contributed by atoms with van der Waals surface area (Å²) in [4.78, 5) is 48.1. The van der Waals surface area contributed by atoms with Gasteiger partial charge < -0.3 is 20.6 Å². The molecule has 1 heterocycles. The molecule has 1 aliphatic rings. The average molecular weight is 375 g/mol. The quantitative estimate of drug-likeness (QED) is 0.276. The Hall–Kier alpha value is -2.08. The molecule has 0 aliphatic carbocycles. The lowest BCUT2D eigenvalue weighted by atomic mass is 10.3. The maximum absolute atomic E-state index is 11.6. The number of hydrogen-bond acceptors (Lipinski definition) is 7. The molecule has 1 saturated heterocycles. The lowest BCUT2D eigenvalue weighted by molar-refractivity contribution is -0.837. The van der Waals surface area contributed by atoms with Gasteiger partial charge in [-0.05, 0) is 0 Å². The summed E-state index contributed by atoms with van der Waals surface area (Å²) in [5.41, 5.74) is 0. The number of nitrogens with zero attached hydrogens (tertiary/aromatic N) is 3. The summed E-state index contributed by atoms with van der Waals surface area (Å²) in [7, 11) is 0. The highest BCUT2D eigenvalue weighted by molar-refractivity contribution is 5.70. The van der Waals surface area contributed by atoms with Crippen LogP contribution in [-0.4, -0.2) is 126 Å². The van der Waals surface area contributed by atoms with E-state index in [1.54, 1.807) is 9.80 Å². The Balaban J connectivity index is 2.88. The zero-order chi connectivity index (χ0) is 19.6. The number of amides is 1. The van der Waals surface area contributed by atoms with Crippen molar-refractivity contribution in [2.24, 2.45) is 0 Å². The van der Waals surface area contributed by atoms with Crippen LogP contribution in [0.15, 0.2) is 0 Å². The Morgan fingerprint density at radius 1 is 0.846 bits per heavy atom. The molecule has 0 bridgehead atoms. The fourth-order valence-electron chi connectivity index (χ4n) is 2.89. The van der Waals surface area contributed by atoms with E-state index in [0.717, 1.165) is 0 Å². The minimum Gasteiger partial charge on any atom is -0.480 e. The molecular formula is C15H27N4O7+. The first-order chi connectivity index (χ1) is 12.3. The number of aliphatic carboxylic acids is 3. The Labute approximate surface area is 151 Å². The van der Waals surface area contributed by atoms with Gasteiger partial charge in [-0.2, -0.15) is 0 Å². The van der Waals surface area contributed by atoms with Crippen LogP contribution in [0.25, 0.3) is 0 Å². The number of rotatable bonds is 7. The number of carbonyl (C=O) groups is 4. The minimum absolute atomic E-state index is 0.143. The number of quaternary nitrogens is 1. The number of nitrogens with one attached hydrogen (secondary N) is 1. The molecule has 1 amide bonds. The van der Waals surface area contributed by atoms with E-state index < -0.39 is 17.9 Å². The topological polar surface area (TPSA) is 147 Å². The van der Waals surface area contributed by atoms with Crippen molar-refractivity contribution in [1.82, 2.24) is 15.1 Å². The molecule has 11 nitrogen and oxygen atoms in total. The summed E-state index contributed by atoms with van der Waals surface area (Å²) in [5, 5.41) is 30.3. The molecule has 1 unspecified atom stereocenters. The molecule has 148 valence electrons. The zero-order valence-corrected chi connectivity index (χ0v) is 14.7. The van der Waals surface area contributed by atoms with E-state index in [1.165, 1.54) is 0 Å². The molecule has 11 heteroatoms. The second-order valence-electron chi connectivity index (χ2n) is 6.41. The van der Waals surface area contributed by atoms with Crippen molar-refractivity contribution in [3.63, 3.8) is 0 Å². The van der Waals surface area contributed by atoms with Gasteiger partial charge in [0, 0.05) is 39.3 Å². The van der Waals surface area contributed by atoms with Gasteiger partial charge in [-0.25, -0.2) is 9.59 Å². The first-order valence-corrected chi connectivity index (χ1v) is 8.39. The van der Waals surface area contributed by atoms with Crippen LogP contribution >= 0.6 is 0 Å². The number of carbonyl (C=O) groups excluding carboxylic acids is 1. The molecule has 0 spiro atoms. The van der Waals surface area contributed by atoms with E-state index >= 15 is 0 Å². The molecule has 0 radical (unpaired) electrons. The van der Waals surface area contributed by atoms with Crippen LogP contribution in [0, 0.1) is 0 Å². The van der Waals surface area contributed by atoms with Crippen molar-refractivity contribution in [3.8, 4) is 0 Å². The summed E-state index contributed by atoms with van der Waals surface area (Å²) >= 11 is 0. The third-order valence-electron chi connectivity index (χ3n) is 4.32. The van der Waals surface area contributed by atoms with Gasteiger partial charge >= 0.3 is 24.3 Å². The smallest absolute Gasteiger partial charge is 0.359 e. The molecule has 1 rings (SSSR count). The van der Waals surface area contributed by atoms with Crippen molar-refractivity contribution >= 4 is 24.3 Å². The average Bonchev–Trinajstić information content (AvgIpc) is 2.53. The lowest BCUT2D eigenvalue weighted by Crippen LogP contribution is -2.57. The first kappa shape index (κ1) is 22.0. The molecule has 1 atom stereocenters. The Kier molecular flexibility index (Phi) is 9.13. The van der Waals surface area contributed by atoms with Crippen LogP contribution in [0.3, 0.4) is 0 Å². The predicted octanol–water partition coefficient (Wildman–Crippen LogP) is -2.58. The van der Waals surface area contributed by atoms with Gasteiger partial charge in [-0.3, -0.25) is 23.9 Å². The lowest BCUT2D eigenvalue weighted by Gasteiger charge is -2.34. The predicted molar refractivity (Wildman–Crippen MR) is 89.6 cm³/mol. The summed E-state index contributed by atoms with van der Waals surface area (Å²) in [6.45, 7) is 1.89. The van der Waals surface area contributed by atoms with Gasteiger partial charge in [0.25, 0.3) is 0 Å².